The Morgan fingerprint density at radius 3 is 3.11 bits per heavy atom. The Kier molecular flexibility index (Phi) is 4.85. The molecule has 0 bridgehead atoms. The second-order valence-corrected chi connectivity index (χ2v) is 8.00. The number of halogens is 3. The van der Waals surface area contributed by atoms with Crippen molar-refractivity contribution in [2.45, 2.75) is 32.1 Å². The molecule has 1 aromatic carbocycles. The van der Waals surface area contributed by atoms with E-state index in [1.165, 1.54) is 4.68 Å². The summed E-state index contributed by atoms with van der Waals surface area (Å²) in [6, 6.07) is 2.66. The molecule has 1 aliphatic rings. The van der Waals surface area contributed by atoms with Crippen LogP contribution in [0.1, 0.15) is 24.4 Å². The number of ether oxygens (including phenoxy) is 1. The molecule has 0 spiro atoms. The molecule has 1 aliphatic heterocycles. The van der Waals surface area contributed by atoms with Gasteiger partial charge in [0.2, 0.25) is 0 Å². The molecule has 0 saturated carbocycles. The zero-order valence-electron chi connectivity index (χ0n) is 14.2. The van der Waals surface area contributed by atoms with Crippen LogP contribution in [0.25, 0.3) is 10.9 Å². The fraction of sp³-hybridized carbons (Fsp3) is 0.353. The van der Waals surface area contributed by atoms with Crippen LogP contribution in [0.5, 0.6) is 0 Å². The highest BCUT2D eigenvalue weighted by atomic mass is 79.9. The number of nitrogens with zero attached hydrogens (tertiary/aromatic N) is 3. The monoisotopic (exact) mass is 472 g/mol. The highest BCUT2D eigenvalue weighted by Gasteiger charge is 2.34. The minimum Gasteiger partial charge on any atom is -0.464 e. The van der Waals surface area contributed by atoms with E-state index in [-0.39, 0.29) is 19.6 Å². The molecule has 0 amide bonds. The van der Waals surface area contributed by atoms with E-state index in [9.17, 15) is 9.18 Å². The molecule has 0 fully saturated rings. The van der Waals surface area contributed by atoms with Gasteiger partial charge in [-0.3, -0.25) is 4.68 Å². The lowest BCUT2D eigenvalue weighted by Gasteiger charge is -2.16. The molecule has 2 atom stereocenters. The van der Waals surface area contributed by atoms with Gasteiger partial charge in [-0.25, -0.2) is 9.18 Å². The number of carbonyl (C=O) groups excluding carboxylic acids is 1. The molecule has 3 heterocycles. The number of imidazole rings is 1. The number of aromatic amines is 1. The maximum Gasteiger partial charge on any atom is 0.337 e. The van der Waals surface area contributed by atoms with Crippen LogP contribution < -0.4 is 0 Å². The highest BCUT2D eigenvalue weighted by Crippen LogP contribution is 2.32. The summed E-state index contributed by atoms with van der Waals surface area (Å²) in [7, 11) is 0. The van der Waals surface area contributed by atoms with Crippen LogP contribution in [-0.4, -0.2) is 38.1 Å². The molecule has 0 radical (unpaired) electrons. The minimum absolute atomic E-state index is 0.181. The zero-order valence-corrected chi connectivity index (χ0v) is 17.4. The Morgan fingerprint density at radius 1 is 1.59 bits per heavy atom. The van der Waals surface area contributed by atoms with Gasteiger partial charge in [0.1, 0.15) is 6.17 Å². The van der Waals surface area contributed by atoms with Crippen molar-refractivity contribution in [3.8, 4) is 0 Å². The molecular formula is C17H15BrClFN4O2S. The van der Waals surface area contributed by atoms with Crippen molar-refractivity contribution in [3.63, 3.8) is 0 Å². The van der Waals surface area contributed by atoms with E-state index in [0.29, 0.717) is 32.1 Å². The summed E-state index contributed by atoms with van der Waals surface area (Å²) >= 11 is 15.0. The van der Waals surface area contributed by atoms with Crippen LogP contribution in [-0.2, 0) is 22.5 Å². The lowest BCUT2D eigenvalue weighted by atomic mass is 10.1. The van der Waals surface area contributed by atoms with Crippen LogP contribution in [0.4, 0.5) is 4.39 Å². The molecule has 1 N–H and O–H groups in total. The van der Waals surface area contributed by atoms with Crippen LogP contribution in [0.15, 0.2) is 22.8 Å². The molecule has 4 rings (SSSR count). The number of carbonyl (C=O) groups is 1. The second-order valence-electron chi connectivity index (χ2n) is 6.29. The molecule has 3 aromatic rings. The smallest absolute Gasteiger partial charge is 0.337 e. The van der Waals surface area contributed by atoms with E-state index < -0.39 is 18.2 Å². The van der Waals surface area contributed by atoms with E-state index in [0.717, 1.165) is 4.47 Å². The fourth-order valence-corrected chi connectivity index (χ4v) is 4.55. The molecule has 27 heavy (non-hydrogen) atoms. The van der Waals surface area contributed by atoms with Crippen molar-refractivity contribution in [2.75, 3.05) is 6.61 Å². The van der Waals surface area contributed by atoms with E-state index in [1.807, 2.05) is 6.07 Å². The van der Waals surface area contributed by atoms with Crippen molar-refractivity contribution < 1.29 is 13.9 Å². The largest absolute Gasteiger partial charge is 0.464 e. The van der Waals surface area contributed by atoms with Crippen molar-refractivity contribution in [1.82, 2.24) is 19.3 Å². The number of rotatable bonds is 4. The normalized spacial score (nSPS) is 17.3. The predicted octanol–water partition coefficient (Wildman–Crippen LogP) is 4.36. The summed E-state index contributed by atoms with van der Waals surface area (Å²) in [6.07, 6.45) is 0.847. The van der Waals surface area contributed by atoms with E-state index in [1.54, 1.807) is 23.8 Å². The summed E-state index contributed by atoms with van der Waals surface area (Å²) < 4.78 is 23.6. The zero-order chi connectivity index (χ0) is 19.3. The maximum absolute atomic E-state index is 13.9. The third kappa shape index (κ3) is 3.21. The molecule has 0 aliphatic carbocycles. The third-order valence-corrected chi connectivity index (χ3v) is 5.62. The lowest BCUT2D eigenvalue weighted by Crippen LogP contribution is -2.25. The minimum atomic E-state index is -1.03. The van der Waals surface area contributed by atoms with Gasteiger partial charge in [-0.1, -0.05) is 27.5 Å². The second kappa shape index (κ2) is 7.03. The first-order valence-corrected chi connectivity index (χ1v) is 9.93. The van der Waals surface area contributed by atoms with Crippen molar-refractivity contribution in [3.05, 3.63) is 44.0 Å². The number of aromatic nitrogens is 4. The number of H-pyrrole nitrogens is 1. The number of benzene rings is 1. The van der Waals surface area contributed by atoms with Crippen LogP contribution in [0.2, 0.25) is 5.02 Å². The first-order chi connectivity index (χ1) is 12.9. The Bertz CT molecular complexity index is 1110. The van der Waals surface area contributed by atoms with Crippen LogP contribution in [0.3, 0.4) is 0 Å². The van der Waals surface area contributed by atoms with E-state index >= 15 is 0 Å². The first-order valence-electron chi connectivity index (χ1n) is 8.35. The van der Waals surface area contributed by atoms with Crippen molar-refractivity contribution in [2.24, 2.45) is 0 Å². The van der Waals surface area contributed by atoms with Gasteiger partial charge < -0.3 is 14.3 Å². The Balaban J connectivity index is 1.89. The molecular weight excluding hydrogens is 459 g/mol. The van der Waals surface area contributed by atoms with E-state index in [4.69, 9.17) is 28.6 Å². The number of esters is 1. The molecule has 10 heteroatoms. The molecule has 2 aromatic heterocycles. The van der Waals surface area contributed by atoms with Gasteiger partial charge in [-0.05, 0) is 31.3 Å². The summed E-state index contributed by atoms with van der Waals surface area (Å²) in [5.41, 5.74) is 1.79. The fourth-order valence-electron chi connectivity index (χ4n) is 3.41. The highest BCUT2D eigenvalue weighted by molar-refractivity contribution is 9.10. The van der Waals surface area contributed by atoms with E-state index in [2.05, 4.69) is 26.0 Å². The number of hydrogen-bond acceptors (Lipinski definition) is 4. The quantitative estimate of drug-likeness (QED) is 0.452. The van der Waals surface area contributed by atoms with Crippen molar-refractivity contribution in [1.29, 1.82) is 0 Å². The summed E-state index contributed by atoms with van der Waals surface area (Å²) in [5, 5.41) is 5.72. The standard InChI is InChI=1S/C17H15BrClFN4O2S/c1-2-26-16(25)15(14-13-5-9(20)6-23(13)17(27)21-14)24-7-10-11(19)3-8(18)4-12(10)22-24/h3-4,7,9,15H,2,5-6H2,1H3,(H,21,27)/t9-,15-/m1/s1. The summed E-state index contributed by atoms with van der Waals surface area (Å²) in [4.78, 5) is 15.8. The van der Waals surface area contributed by atoms with Gasteiger partial charge >= 0.3 is 5.97 Å². The average Bonchev–Trinajstić information content (AvgIpc) is 3.24. The van der Waals surface area contributed by atoms with Crippen LogP contribution >= 0.6 is 39.7 Å². The summed E-state index contributed by atoms with van der Waals surface area (Å²) in [5.74, 6) is -0.498. The number of alkyl halides is 1. The number of hydrogen-bond donors (Lipinski definition) is 1. The first kappa shape index (κ1) is 18.6. The Morgan fingerprint density at radius 2 is 2.37 bits per heavy atom. The Hall–Kier alpha value is -1.71. The molecule has 142 valence electrons. The SMILES string of the molecule is CCOC(=O)[C@@H](c1[nH]c(=S)n2c1C[C@@H](F)C2)n1cc2c(Cl)cc(Br)cc2n1. The van der Waals surface area contributed by atoms with Gasteiger partial charge in [0.05, 0.1) is 29.4 Å². The Labute approximate surface area is 172 Å². The van der Waals surface area contributed by atoms with Crippen LogP contribution in [0, 0.1) is 4.77 Å². The summed E-state index contributed by atoms with van der Waals surface area (Å²) in [6.45, 7) is 2.12. The topological polar surface area (TPSA) is 64.8 Å². The number of fused-ring (bicyclic) bond motifs is 2. The number of nitrogens with one attached hydrogen (secondary N) is 1. The molecule has 0 saturated heterocycles. The lowest BCUT2D eigenvalue weighted by molar-refractivity contribution is -0.146. The van der Waals surface area contributed by atoms with Gasteiger partial charge in [0.15, 0.2) is 10.8 Å². The van der Waals surface area contributed by atoms with Crippen molar-refractivity contribution >= 4 is 56.6 Å². The van der Waals surface area contributed by atoms with Gasteiger partial charge in [-0.2, -0.15) is 5.10 Å². The van der Waals surface area contributed by atoms with Gasteiger partial charge in [0.25, 0.3) is 0 Å². The third-order valence-electron chi connectivity index (χ3n) is 4.52. The molecule has 0 unspecified atom stereocenters. The molecule has 6 nitrogen and oxygen atoms in total. The van der Waals surface area contributed by atoms with Gasteiger partial charge in [-0.15, -0.1) is 0 Å². The van der Waals surface area contributed by atoms with Gasteiger partial charge in [0, 0.05) is 28.2 Å². The maximum atomic E-state index is 13.9. The predicted molar refractivity (Wildman–Crippen MR) is 105 cm³/mol. The average molecular weight is 474 g/mol.